The Labute approximate surface area is 132 Å². The van der Waals surface area contributed by atoms with Gasteiger partial charge < -0.3 is 15.4 Å². The Kier molecular flexibility index (Phi) is 7.87. The van der Waals surface area contributed by atoms with Crippen molar-refractivity contribution in [2.24, 2.45) is 0 Å². The van der Waals surface area contributed by atoms with E-state index in [2.05, 4.69) is 20.3 Å². The zero-order valence-electron chi connectivity index (χ0n) is 11.3. The molecule has 120 valence electrons. The lowest BCUT2D eigenvalue weighted by atomic mass is 10.3. The number of alkyl halides is 2. The number of rotatable bonds is 6. The number of thiophene rings is 1. The summed E-state index contributed by atoms with van der Waals surface area (Å²) < 4.78 is 28.6. The molecule has 0 spiro atoms. The van der Waals surface area contributed by atoms with Crippen LogP contribution in [-0.4, -0.2) is 56.7 Å². The van der Waals surface area contributed by atoms with E-state index in [1.807, 2.05) is 0 Å². The molecule has 0 bridgehead atoms. The van der Waals surface area contributed by atoms with E-state index in [-0.39, 0.29) is 28.9 Å². The summed E-state index contributed by atoms with van der Waals surface area (Å²) in [5.74, 6) is -0.435. The van der Waals surface area contributed by atoms with Crippen LogP contribution in [0.1, 0.15) is 9.67 Å². The molecule has 0 unspecified atom stereocenters. The van der Waals surface area contributed by atoms with Crippen molar-refractivity contribution in [1.29, 1.82) is 0 Å². The molecule has 2 rings (SSSR count). The van der Waals surface area contributed by atoms with Gasteiger partial charge in [0.25, 0.3) is 5.91 Å². The predicted octanol–water partition coefficient (Wildman–Crippen LogP) is 1.41. The van der Waals surface area contributed by atoms with Gasteiger partial charge in [-0.05, 0) is 11.4 Å². The average Bonchev–Trinajstić information content (AvgIpc) is 2.87. The van der Waals surface area contributed by atoms with Gasteiger partial charge >= 0.3 is 6.61 Å². The molecular weight excluding hydrogens is 324 g/mol. The molecule has 1 aromatic heterocycles. The molecule has 1 aromatic rings. The molecule has 0 atom stereocenters. The largest absolute Gasteiger partial charge is 0.433 e. The van der Waals surface area contributed by atoms with Gasteiger partial charge in [-0.1, -0.05) is 0 Å². The summed E-state index contributed by atoms with van der Waals surface area (Å²) in [4.78, 5) is 14.3. The van der Waals surface area contributed by atoms with Gasteiger partial charge in [0.2, 0.25) is 0 Å². The van der Waals surface area contributed by atoms with Gasteiger partial charge in [0.15, 0.2) is 0 Å². The quantitative estimate of drug-likeness (QED) is 0.821. The molecule has 0 saturated carbocycles. The number of ether oxygens (including phenoxy) is 1. The second-order valence-electron chi connectivity index (χ2n) is 4.34. The third-order valence-corrected chi connectivity index (χ3v) is 3.87. The van der Waals surface area contributed by atoms with Crippen molar-refractivity contribution in [1.82, 2.24) is 15.5 Å². The molecule has 0 radical (unpaired) electrons. The van der Waals surface area contributed by atoms with Crippen LogP contribution in [0.4, 0.5) is 8.78 Å². The molecule has 2 N–H and O–H groups in total. The number of carbonyl (C=O) groups excluding carboxylic acids is 1. The number of amides is 1. The summed E-state index contributed by atoms with van der Waals surface area (Å²) in [7, 11) is 0. The Balaban J connectivity index is 0.00000220. The topological polar surface area (TPSA) is 53.6 Å². The number of halogens is 3. The number of hydrogen-bond acceptors (Lipinski definition) is 5. The average molecular weight is 342 g/mol. The van der Waals surface area contributed by atoms with Crippen molar-refractivity contribution in [3.8, 4) is 5.75 Å². The standard InChI is InChI=1S/C12H17F2N3O2S.ClH/c13-12(14)19-9-1-8-20-10(9)11(18)16-4-7-17-5-2-15-3-6-17;/h1,8,12,15H,2-7H2,(H,16,18);1H. The van der Waals surface area contributed by atoms with Crippen molar-refractivity contribution in [3.05, 3.63) is 16.3 Å². The van der Waals surface area contributed by atoms with E-state index in [0.29, 0.717) is 6.54 Å². The molecule has 1 aliphatic rings. The summed E-state index contributed by atoms with van der Waals surface area (Å²) in [5.41, 5.74) is 0. The maximum atomic E-state index is 12.2. The second-order valence-corrected chi connectivity index (χ2v) is 5.26. The van der Waals surface area contributed by atoms with Crippen LogP contribution in [0.5, 0.6) is 5.75 Å². The highest BCUT2D eigenvalue weighted by Crippen LogP contribution is 2.26. The lowest BCUT2D eigenvalue weighted by Gasteiger charge is -2.27. The second kappa shape index (κ2) is 9.14. The molecule has 5 nitrogen and oxygen atoms in total. The first-order valence-electron chi connectivity index (χ1n) is 6.40. The van der Waals surface area contributed by atoms with Crippen LogP contribution in [0.2, 0.25) is 0 Å². The van der Waals surface area contributed by atoms with Crippen LogP contribution < -0.4 is 15.4 Å². The zero-order valence-corrected chi connectivity index (χ0v) is 12.9. The summed E-state index contributed by atoms with van der Waals surface area (Å²) in [6, 6.07) is 1.38. The third-order valence-electron chi connectivity index (χ3n) is 2.97. The van der Waals surface area contributed by atoms with E-state index < -0.39 is 6.61 Å². The van der Waals surface area contributed by atoms with Crippen molar-refractivity contribution < 1.29 is 18.3 Å². The van der Waals surface area contributed by atoms with Gasteiger partial charge in [0.1, 0.15) is 10.6 Å². The first-order valence-corrected chi connectivity index (χ1v) is 7.28. The minimum absolute atomic E-state index is 0. The molecule has 21 heavy (non-hydrogen) atoms. The smallest absolute Gasteiger partial charge is 0.387 e. The fourth-order valence-electron chi connectivity index (χ4n) is 1.99. The molecule has 2 heterocycles. The van der Waals surface area contributed by atoms with E-state index in [1.165, 1.54) is 6.07 Å². The van der Waals surface area contributed by atoms with Crippen molar-refractivity contribution in [2.45, 2.75) is 6.61 Å². The highest BCUT2D eigenvalue weighted by molar-refractivity contribution is 7.12. The Morgan fingerprint density at radius 2 is 2.19 bits per heavy atom. The van der Waals surface area contributed by atoms with Crippen molar-refractivity contribution in [3.63, 3.8) is 0 Å². The zero-order chi connectivity index (χ0) is 14.4. The SMILES string of the molecule is Cl.O=C(NCCN1CCNCC1)c1sccc1OC(F)F. The van der Waals surface area contributed by atoms with E-state index in [1.54, 1.807) is 5.38 Å². The monoisotopic (exact) mass is 341 g/mol. The van der Waals surface area contributed by atoms with Crippen LogP contribution >= 0.6 is 23.7 Å². The Morgan fingerprint density at radius 3 is 2.86 bits per heavy atom. The summed E-state index contributed by atoms with van der Waals surface area (Å²) in [6.07, 6.45) is 0. The van der Waals surface area contributed by atoms with E-state index >= 15 is 0 Å². The van der Waals surface area contributed by atoms with Crippen molar-refractivity contribution in [2.75, 3.05) is 39.3 Å². The number of nitrogens with one attached hydrogen (secondary N) is 2. The maximum absolute atomic E-state index is 12.2. The van der Waals surface area contributed by atoms with Crippen LogP contribution in [0.25, 0.3) is 0 Å². The number of piperazine rings is 1. The molecule has 1 amide bonds. The van der Waals surface area contributed by atoms with Gasteiger partial charge in [-0.15, -0.1) is 23.7 Å². The van der Waals surface area contributed by atoms with E-state index in [0.717, 1.165) is 44.1 Å². The highest BCUT2D eigenvalue weighted by Gasteiger charge is 2.17. The van der Waals surface area contributed by atoms with Gasteiger partial charge in [-0.2, -0.15) is 8.78 Å². The van der Waals surface area contributed by atoms with Crippen LogP contribution in [-0.2, 0) is 0 Å². The number of hydrogen-bond donors (Lipinski definition) is 2. The van der Waals surface area contributed by atoms with E-state index in [4.69, 9.17) is 0 Å². The fourth-order valence-corrected chi connectivity index (χ4v) is 2.73. The molecule has 0 aromatic carbocycles. The minimum atomic E-state index is -2.92. The molecule has 1 saturated heterocycles. The maximum Gasteiger partial charge on any atom is 0.387 e. The van der Waals surface area contributed by atoms with Crippen LogP contribution in [0.15, 0.2) is 11.4 Å². The van der Waals surface area contributed by atoms with Gasteiger partial charge in [-0.25, -0.2) is 0 Å². The number of nitrogens with zero attached hydrogens (tertiary/aromatic N) is 1. The third kappa shape index (κ3) is 5.74. The molecule has 9 heteroatoms. The predicted molar refractivity (Wildman–Crippen MR) is 79.8 cm³/mol. The van der Waals surface area contributed by atoms with E-state index in [9.17, 15) is 13.6 Å². The minimum Gasteiger partial charge on any atom is -0.433 e. The Bertz CT molecular complexity index is 442. The fraction of sp³-hybridized carbons (Fsp3) is 0.583. The van der Waals surface area contributed by atoms with Crippen molar-refractivity contribution >= 4 is 29.7 Å². The molecule has 1 aliphatic heterocycles. The van der Waals surface area contributed by atoms with Gasteiger partial charge in [0.05, 0.1) is 0 Å². The number of carbonyl (C=O) groups is 1. The Morgan fingerprint density at radius 1 is 1.48 bits per heavy atom. The molecule has 0 aliphatic carbocycles. The Hall–Kier alpha value is -0.960. The van der Waals surface area contributed by atoms with Gasteiger partial charge in [0, 0.05) is 39.3 Å². The first-order chi connectivity index (χ1) is 9.66. The highest BCUT2D eigenvalue weighted by atomic mass is 35.5. The summed E-state index contributed by atoms with van der Waals surface area (Å²) in [6.45, 7) is 2.13. The van der Waals surface area contributed by atoms with Crippen LogP contribution in [0, 0.1) is 0 Å². The normalized spacial score (nSPS) is 15.6. The van der Waals surface area contributed by atoms with Gasteiger partial charge in [-0.3, -0.25) is 9.69 Å². The summed E-state index contributed by atoms with van der Waals surface area (Å²) in [5, 5.41) is 7.54. The molecule has 1 fully saturated rings. The first kappa shape index (κ1) is 18.1. The summed E-state index contributed by atoms with van der Waals surface area (Å²) >= 11 is 1.09. The lowest BCUT2D eigenvalue weighted by molar-refractivity contribution is -0.0498. The van der Waals surface area contributed by atoms with Crippen LogP contribution in [0.3, 0.4) is 0 Å². The lowest BCUT2D eigenvalue weighted by Crippen LogP contribution is -2.46. The molecular formula is C12H18ClF2N3O2S.